The van der Waals surface area contributed by atoms with Crippen molar-refractivity contribution in [3.05, 3.63) is 45.6 Å². The van der Waals surface area contributed by atoms with Crippen molar-refractivity contribution < 1.29 is 9.53 Å². The third-order valence-electron chi connectivity index (χ3n) is 6.35. The number of hydrogen-bond donors (Lipinski definition) is 0. The molecular weight excluding hydrogens is 420 g/mol. The van der Waals surface area contributed by atoms with Gasteiger partial charge in [-0.25, -0.2) is 14.8 Å². The van der Waals surface area contributed by atoms with Gasteiger partial charge in [-0.3, -0.25) is 4.98 Å². The molecule has 0 saturated carbocycles. The minimum atomic E-state index is -0.420. The van der Waals surface area contributed by atoms with E-state index in [0.717, 1.165) is 38.0 Å². The highest BCUT2D eigenvalue weighted by Gasteiger charge is 2.46. The Kier molecular flexibility index (Phi) is 5.12. The van der Waals surface area contributed by atoms with E-state index >= 15 is 0 Å². The van der Waals surface area contributed by atoms with Gasteiger partial charge in [0.15, 0.2) is 11.5 Å². The molecule has 3 heterocycles. The second kappa shape index (κ2) is 7.43. The molecule has 6 nitrogen and oxygen atoms in total. The average molecular weight is 445 g/mol. The molecule has 0 radical (unpaired) electrons. The summed E-state index contributed by atoms with van der Waals surface area (Å²) in [4.78, 5) is 28.3. The molecule has 2 aliphatic rings. The van der Waals surface area contributed by atoms with Crippen LogP contribution in [0.4, 0.5) is 5.82 Å². The zero-order valence-corrected chi connectivity index (χ0v) is 18.1. The highest BCUT2D eigenvalue weighted by atomic mass is 79.9. The van der Waals surface area contributed by atoms with Gasteiger partial charge in [0, 0.05) is 25.0 Å². The molecule has 2 aromatic rings. The van der Waals surface area contributed by atoms with E-state index in [9.17, 15) is 4.79 Å². The fourth-order valence-electron chi connectivity index (χ4n) is 4.63. The van der Waals surface area contributed by atoms with Crippen molar-refractivity contribution in [3.63, 3.8) is 0 Å². The monoisotopic (exact) mass is 444 g/mol. The van der Waals surface area contributed by atoms with Crippen molar-refractivity contribution in [1.82, 2.24) is 15.0 Å². The number of pyridine rings is 1. The van der Waals surface area contributed by atoms with Crippen LogP contribution in [0.15, 0.2) is 22.9 Å². The molecule has 1 atom stereocenters. The SMILES string of the molecule is CCOC(=O)c1nc(Br)c(C)nc1N1CCC2(CC1)Cc1ncccc1[C@H]2C. The van der Waals surface area contributed by atoms with Crippen LogP contribution in [0.25, 0.3) is 0 Å². The zero-order valence-electron chi connectivity index (χ0n) is 16.5. The lowest BCUT2D eigenvalue weighted by molar-refractivity contribution is 0.0519. The number of fused-ring (bicyclic) bond motifs is 1. The number of rotatable bonds is 3. The van der Waals surface area contributed by atoms with Gasteiger partial charge in [0.2, 0.25) is 0 Å². The third kappa shape index (κ3) is 3.19. The van der Waals surface area contributed by atoms with Gasteiger partial charge in [0.1, 0.15) is 4.60 Å². The van der Waals surface area contributed by atoms with Gasteiger partial charge < -0.3 is 9.64 Å². The quantitative estimate of drug-likeness (QED) is 0.664. The first-order valence-electron chi connectivity index (χ1n) is 9.85. The molecular formula is C21H25BrN4O2. The first-order chi connectivity index (χ1) is 13.4. The number of halogens is 1. The standard InChI is InChI=1S/C21H25BrN4O2/c1-4-28-20(27)17-19(24-14(3)18(22)25-17)26-10-7-21(8-11-26)12-16-15(13(21)2)6-5-9-23-16/h5-6,9,13H,4,7-8,10-12H2,1-3H3/t13-/m1/s1. The number of carbonyl (C=O) groups is 1. The molecule has 0 aromatic carbocycles. The Morgan fingerprint density at radius 1 is 1.36 bits per heavy atom. The van der Waals surface area contributed by atoms with Crippen LogP contribution in [0.3, 0.4) is 0 Å². The normalized spacial score (nSPS) is 20.3. The Balaban J connectivity index is 1.58. The molecule has 0 bridgehead atoms. The zero-order chi connectivity index (χ0) is 19.9. The van der Waals surface area contributed by atoms with E-state index in [1.807, 2.05) is 19.2 Å². The number of esters is 1. The van der Waals surface area contributed by atoms with E-state index in [1.165, 1.54) is 11.3 Å². The predicted octanol–water partition coefficient (Wildman–Crippen LogP) is 4.07. The minimum Gasteiger partial charge on any atom is -0.461 e. The first-order valence-corrected chi connectivity index (χ1v) is 10.6. The van der Waals surface area contributed by atoms with Crippen molar-refractivity contribution in [1.29, 1.82) is 0 Å². The van der Waals surface area contributed by atoms with Crippen LogP contribution in [0, 0.1) is 12.3 Å². The lowest BCUT2D eigenvalue weighted by Gasteiger charge is -2.43. The van der Waals surface area contributed by atoms with E-state index in [0.29, 0.717) is 28.6 Å². The molecule has 2 aromatic heterocycles. The Hall–Kier alpha value is -2.02. The van der Waals surface area contributed by atoms with E-state index in [4.69, 9.17) is 4.74 Å². The van der Waals surface area contributed by atoms with Crippen LogP contribution in [0.1, 0.15) is 60.0 Å². The summed E-state index contributed by atoms with van der Waals surface area (Å²) in [5.41, 5.74) is 3.95. The summed E-state index contributed by atoms with van der Waals surface area (Å²) in [7, 11) is 0. The van der Waals surface area contributed by atoms with Gasteiger partial charge in [-0.15, -0.1) is 0 Å². The third-order valence-corrected chi connectivity index (χ3v) is 7.10. The fourth-order valence-corrected chi connectivity index (χ4v) is 4.89. The summed E-state index contributed by atoms with van der Waals surface area (Å²) in [5, 5.41) is 0. The molecule has 1 aliphatic carbocycles. The van der Waals surface area contributed by atoms with E-state index in [-0.39, 0.29) is 5.41 Å². The van der Waals surface area contributed by atoms with E-state index in [2.05, 4.69) is 48.8 Å². The van der Waals surface area contributed by atoms with Crippen molar-refractivity contribution in [2.75, 3.05) is 24.6 Å². The number of ether oxygens (including phenoxy) is 1. The maximum Gasteiger partial charge on any atom is 0.360 e. The number of aromatic nitrogens is 3. The molecule has 0 amide bonds. The summed E-state index contributed by atoms with van der Waals surface area (Å²) >= 11 is 3.39. The maximum absolute atomic E-state index is 12.4. The van der Waals surface area contributed by atoms with E-state index < -0.39 is 5.97 Å². The smallest absolute Gasteiger partial charge is 0.360 e. The molecule has 1 spiro atoms. The Morgan fingerprint density at radius 2 is 2.11 bits per heavy atom. The summed E-state index contributed by atoms with van der Waals surface area (Å²) in [5.74, 6) is 0.715. The fraction of sp³-hybridized carbons (Fsp3) is 0.524. The second-order valence-corrected chi connectivity index (χ2v) is 8.53. The topological polar surface area (TPSA) is 68.2 Å². The average Bonchev–Trinajstić information content (AvgIpc) is 2.96. The molecule has 1 aliphatic heterocycles. The second-order valence-electron chi connectivity index (χ2n) is 7.78. The number of hydrogen-bond acceptors (Lipinski definition) is 6. The van der Waals surface area contributed by atoms with Crippen LogP contribution in [-0.4, -0.2) is 40.6 Å². The predicted molar refractivity (Wildman–Crippen MR) is 111 cm³/mol. The van der Waals surface area contributed by atoms with Crippen LogP contribution in [-0.2, 0) is 11.2 Å². The van der Waals surface area contributed by atoms with Gasteiger partial charge in [-0.1, -0.05) is 13.0 Å². The molecule has 1 fully saturated rings. The number of piperidine rings is 1. The van der Waals surface area contributed by atoms with Crippen LogP contribution >= 0.6 is 15.9 Å². The largest absolute Gasteiger partial charge is 0.461 e. The molecule has 0 unspecified atom stereocenters. The van der Waals surface area contributed by atoms with Gasteiger partial charge >= 0.3 is 5.97 Å². The van der Waals surface area contributed by atoms with Crippen LogP contribution < -0.4 is 4.90 Å². The highest BCUT2D eigenvalue weighted by Crippen LogP contribution is 2.52. The van der Waals surface area contributed by atoms with Crippen LogP contribution in [0.2, 0.25) is 0 Å². The summed E-state index contributed by atoms with van der Waals surface area (Å²) in [6.45, 7) is 8.03. The summed E-state index contributed by atoms with van der Waals surface area (Å²) < 4.78 is 5.79. The lowest BCUT2D eigenvalue weighted by Crippen LogP contribution is -2.43. The summed E-state index contributed by atoms with van der Waals surface area (Å²) in [6, 6.07) is 4.26. The summed E-state index contributed by atoms with van der Waals surface area (Å²) in [6.07, 6.45) is 5.02. The molecule has 148 valence electrons. The highest BCUT2D eigenvalue weighted by molar-refractivity contribution is 9.10. The Morgan fingerprint density at radius 3 is 2.79 bits per heavy atom. The first kappa shape index (κ1) is 19.3. The Bertz CT molecular complexity index is 909. The minimum absolute atomic E-state index is 0.245. The molecule has 1 saturated heterocycles. The van der Waals surface area contributed by atoms with Crippen molar-refractivity contribution in [3.8, 4) is 0 Å². The van der Waals surface area contributed by atoms with Gasteiger partial charge in [0.05, 0.1) is 12.3 Å². The van der Waals surface area contributed by atoms with Crippen molar-refractivity contribution >= 4 is 27.7 Å². The number of carbonyl (C=O) groups excluding carboxylic acids is 1. The molecule has 28 heavy (non-hydrogen) atoms. The molecule has 0 N–H and O–H groups in total. The van der Waals surface area contributed by atoms with Gasteiger partial charge in [0.25, 0.3) is 0 Å². The van der Waals surface area contributed by atoms with Crippen molar-refractivity contribution in [2.24, 2.45) is 5.41 Å². The number of aryl methyl sites for hydroxylation is 1. The van der Waals surface area contributed by atoms with E-state index in [1.54, 1.807) is 6.92 Å². The van der Waals surface area contributed by atoms with Gasteiger partial charge in [-0.2, -0.15) is 0 Å². The van der Waals surface area contributed by atoms with Crippen molar-refractivity contribution in [2.45, 2.75) is 46.0 Å². The molecule has 7 heteroatoms. The number of anilines is 1. The molecule has 4 rings (SSSR count). The maximum atomic E-state index is 12.4. The van der Waals surface area contributed by atoms with Crippen LogP contribution in [0.5, 0.6) is 0 Å². The lowest BCUT2D eigenvalue weighted by atomic mass is 9.70. The van der Waals surface area contributed by atoms with Gasteiger partial charge in [-0.05, 0) is 72.0 Å². The Labute approximate surface area is 173 Å². The number of nitrogens with zero attached hydrogens (tertiary/aromatic N) is 4.